The van der Waals surface area contributed by atoms with Gasteiger partial charge in [-0.3, -0.25) is 9.40 Å². The highest BCUT2D eigenvalue weighted by atomic mass is 32.2. The first-order valence-electron chi connectivity index (χ1n) is 11.7. The monoisotopic (exact) mass is 510 g/mol. The number of sulfonamides is 1. The number of nitrogens with one attached hydrogen (secondary N) is 1. The van der Waals surface area contributed by atoms with Gasteiger partial charge in [-0.15, -0.1) is 0 Å². The highest BCUT2D eigenvalue weighted by molar-refractivity contribution is 7.93. The lowest BCUT2D eigenvalue weighted by atomic mass is 9.98. The summed E-state index contributed by atoms with van der Waals surface area (Å²) in [6.45, 7) is 2.99. The van der Waals surface area contributed by atoms with Gasteiger partial charge in [0.1, 0.15) is 22.6 Å². The third-order valence-electron chi connectivity index (χ3n) is 7.08. The highest BCUT2D eigenvalue weighted by Gasteiger charge is 2.52. The second-order valence-corrected chi connectivity index (χ2v) is 10.8. The molecule has 1 fully saturated rings. The number of hydrogen-bond donors (Lipinski definition) is 1. The van der Waals surface area contributed by atoms with Crippen LogP contribution in [-0.2, 0) is 28.4 Å². The van der Waals surface area contributed by atoms with Crippen molar-refractivity contribution >= 4 is 26.8 Å². The minimum absolute atomic E-state index is 0.0348. The van der Waals surface area contributed by atoms with Crippen LogP contribution in [0, 0.1) is 0 Å². The van der Waals surface area contributed by atoms with Gasteiger partial charge in [0.2, 0.25) is 0 Å². The van der Waals surface area contributed by atoms with Crippen LogP contribution in [0.25, 0.3) is 11.0 Å². The summed E-state index contributed by atoms with van der Waals surface area (Å²) in [5, 5.41) is 8.80. The van der Waals surface area contributed by atoms with Gasteiger partial charge >= 0.3 is 0 Å². The molecule has 0 bridgehead atoms. The largest absolute Gasteiger partial charge is 0.496 e. The molecule has 0 unspecified atom stereocenters. The fraction of sp³-hybridized carbons (Fsp3) is 0.360. The molecule has 36 heavy (non-hydrogen) atoms. The number of hydrogen-bond acceptors (Lipinski definition) is 8. The Labute approximate surface area is 208 Å². The summed E-state index contributed by atoms with van der Waals surface area (Å²) >= 11 is 0. The SMILES string of the molecule is CCc1c(Cn2cccn2)cc2onc(NS(=O)(=O)c3c(OC)ccc4c3OCC43CC3)c2c1OC. The molecule has 0 saturated heterocycles. The van der Waals surface area contributed by atoms with Crippen molar-refractivity contribution in [2.24, 2.45) is 0 Å². The number of fused-ring (bicyclic) bond motifs is 3. The minimum Gasteiger partial charge on any atom is -0.496 e. The van der Waals surface area contributed by atoms with Crippen LogP contribution >= 0.6 is 0 Å². The van der Waals surface area contributed by atoms with E-state index in [1.165, 1.54) is 7.11 Å². The third-order valence-corrected chi connectivity index (χ3v) is 8.46. The maximum atomic E-state index is 13.7. The lowest BCUT2D eigenvalue weighted by molar-refractivity contribution is 0.313. The van der Waals surface area contributed by atoms with Crippen LogP contribution in [0.5, 0.6) is 17.2 Å². The molecule has 6 rings (SSSR count). The summed E-state index contributed by atoms with van der Waals surface area (Å²) in [7, 11) is -1.17. The number of methoxy groups -OCH3 is 2. The van der Waals surface area contributed by atoms with E-state index in [0.717, 1.165) is 29.5 Å². The number of benzene rings is 2. The quantitative estimate of drug-likeness (QED) is 0.380. The number of nitrogens with zero attached hydrogens (tertiary/aromatic N) is 3. The summed E-state index contributed by atoms with van der Waals surface area (Å²) in [5.41, 5.74) is 3.09. The molecule has 2 aromatic carbocycles. The molecule has 2 aliphatic rings. The van der Waals surface area contributed by atoms with E-state index in [1.54, 1.807) is 24.1 Å². The van der Waals surface area contributed by atoms with Gasteiger partial charge in [-0.1, -0.05) is 18.1 Å². The smallest absolute Gasteiger partial charge is 0.270 e. The molecule has 1 spiro atoms. The molecule has 4 aromatic rings. The van der Waals surface area contributed by atoms with E-state index in [-0.39, 0.29) is 21.9 Å². The van der Waals surface area contributed by atoms with E-state index in [2.05, 4.69) is 15.0 Å². The Bertz CT molecular complexity index is 1570. The predicted octanol–water partition coefficient (Wildman–Crippen LogP) is 3.88. The van der Waals surface area contributed by atoms with Crippen LogP contribution in [0.2, 0.25) is 0 Å². The summed E-state index contributed by atoms with van der Waals surface area (Å²) in [4.78, 5) is -0.0348. The third kappa shape index (κ3) is 3.41. The molecule has 0 atom stereocenters. The molecule has 2 aromatic heterocycles. The molecule has 10 nitrogen and oxygen atoms in total. The summed E-state index contributed by atoms with van der Waals surface area (Å²) in [6, 6.07) is 7.28. The number of ether oxygens (including phenoxy) is 3. The van der Waals surface area contributed by atoms with E-state index in [0.29, 0.717) is 42.0 Å². The average Bonchev–Trinajstić information content (AvgIpc) is 3.16. The van der Waals surface area contributed by atoms with Crippen molar-refractivity contribution in [3.63, 3.8) is 0 Å². The number of anilines is 1. The summed E-state index contributed by atoms with van der Waals surface area (Å²) in [6.07, 6.45) is 6.20. The fourth-order valence-corrected chi connectivity index (χ4v) is 6.43. The molecule has 1 N–H and O–H groups in total. The standard InChI is InChI=1S/C25H26N4O6S/c1-4-16-15(13-29-11-5-10-26-29)12-19-20(21(16)33-3)24(27-35-19)28-36(30,31)23-18(32-2)7-6-17-22(23)34-14-25(17)8-9-25/h5-7,10-12H,4,8-9,13-14H2,1-3H3,(H,27,28). The van der Waals surface area contributed by atoms with Crippen molar-refractivity contribution in [2.75, 3.05) is 25.5 Å². The van der Waals surface area contributed by atoms with Crippen molar-refractivity contribution in [1.29, 1.82) is 0 Å². The Kier molecular flexibility index (Phi) is 5.15. The van der Waals surface area contributed by atoms with E-state index >= 15 is 0 Å². The lowest BCUT2D eigenvalue weighted by Crippen LogP contribution is -2.16. The van der Waals surface area contributed by atoms with Gasteiger partial charge in [0.05, 0.1) is 27.4 Å². The second kappa shape index (κ2) is 8.16. The molecular weight excluding hydrogens is 484 g/mol. The summed E-state index contributed by atoms with van der Waals surface area (Å²) in [5.74, 6) is 1.10. The van der Waals surface area contributed by atoms with Crippen LogP contribution in [0.15, 0.2) is 46.1 Å². The molecule has 0 amide bonds. The first-order chi connectivity index (χ1) is 17.4. The second-order valence-electron chi connectivity index (χ2n) is 9.16. The van der Waals surface area contributed by atoms with Gasteiger partial charge in [0, 0.05) is 23.4 Å². The van der Waals surface area contributed by atoms with E-state index in [1.807, 2.05) is 31.3 Å². The van der Waals surface area contributed by atoms with Gasteiger partial charge in [-0.05, 0) is 48.6 Å². The molecular formula is C25H26N4O6S. The fourth-order valence-electron chi connectivity index (χ4n) is 5.11. The Morgan fingerprint density at radius 1 is 1.22 bits per heavy atom. The van der Waals surface area contributed by atoms with Crippen LogP contribution < -0.4 is 18.9 Å². The zero-order valence-corrected chi connectivity index (χ0v) is 21.0. The Balaban J connectivity index is 1.45. The number of rotatable bonds is 8. The first kappa shape index (κ1) is 22.7. The zero-order chi connectivity index (χ0) is 25.1. The molecule has 188 valence electrons. The molecule has 1 saturated carbocycles. The van der Waals surface area contributed by atoms with Crippen LogP contribution in [0.3, 0.4) is 0 Å². The summed E-state index contributed by atoms with van der Waals surface area (Å²) < 4.78 is 54.6. The van der Waals surface area contributed by atoms with Crippen molar-refractivity contribution in [2.45, 2.75) is 43.0 Å². The van der Waals surface area contributed by atoms with Crippen molar-refractivity contribution in [3.05, 3.63) is 53.3 Å². The van der Waals surface area contributed by atoms with Crippen LogP contribution in [0.1, 0.15) is 36.5 Å². The van der Waals surface area contributed by atoms with Crippen molar-refractivity contribution in [3.8, 4) is 17.2 Å². The van der Waals surface area contributed by atoms with Gasteiger partial charge < -0.3 is 18.7 Å². The lowest BCUT2D eigenvalue weighted by Gasteiger charge is -2.16. The van der Waals surface area contributed by atoms with Crippen LogP contribution in [-0.4, -0.2) is 44.2 Å². The molecule has 0 radical (unpaired) electrons. The molecule has 1 aliphatic carbocycles. The molecule has 11 heteroatoms. The Morgan fingerprint density at radius 2 is 2.06 bits per heavy atom. The minimum atomic E-state index is -4.15. The molecule has 1 aliphatic heterocycles. The van der Waals surface area contributed by atoms with Crippen molar-refractivity contribution in [1.82, 2.24) is 14.9 Å². The van der Waals surface area contributed by atoms with Gasteiger partial charge in [-0.25, -0.2) is 8.42 Å². The average molecular weight is 511 g/mol. The van der Waals surface area contributed by atoms with E-state index < -0.39 is 10.0 Å². The van der Waals surface area contributed by atoms with E-state index in [9.17, 15) is 8.42 Å². The maximum Gasteiger partial charge on any atom is 0.270 e. The van der Waals surface area contributed by atoms with E-state index in [4.69, 9.17) is 18.7 Å². The number of aromatic nitrogens is 3. The Hall–Kier alpha value is -3.73. The van der Waals surface area contributed by atoms with Gasteiger partial charge in [0.15, 0.2) is 16.3 Å². The Morgan fingerprint density at radius 3 is 2.72 bits per heavy atom. The highest BCUT2D eigenvalue weighted by Crippen LogP contribution is 2.58. The van der Waals surface area contributed by atoms with Gasteiger partial charge in [-0.2, -0.15) is 5.10 Å². The molecule has 3 heterocycles. The maximum absolute atomic E-state index is 13.7. The normalized spacial score (nSPS) is 15.6. The zero-order valence-electron chi connectivity index (χ0n) is 20.2. The predicted molar refractivity (Wildman–Crippen MR) is 131 cm³/mol. The van der Waals surface area contributed by atoms with Gasteiger partial charge in [0.25, 0.3) is 10.0 Å². The van der Waals surface area contributed by atoms with Crippen molar-refractivity contribution < 1.29 is 27.2 Å². The topological polar surface area (TPSA) is 118 Å². The first-order valence-corrected chi connectivity index (χ1v) is 13.2. The van der Waals surface area contributed by atoms with Crippen LogP contribution in [0.4, 0.5) is 5.82 Å².